The van der Waals surface area contributed by atoms with E-state index < -0.39 is 5.82 Å². The Labute approximate surface area is 263 Å². The van der Waals surface area contributed by atoms with E-state index in [4.69, 9.17) is 4.74 Å². The number of benzene rings is 1. The lowest BCUT2D eigenvalue weighted by Gasteiger charge is -2.56. The topological polar surface area (TPSA) is 53.8 Å². The van der Waals surface area contributed by atoms with Crippen LogP contribution in [0.25, 0.3) is 16.6 Å². The molecule has 0 radical (unpaired) electrons. The lowest BCUT2D eigenvalue weighted by molar-refractivity contribution is -0.0557. The minimum Gasteiger partial charge on any atom is -0.383 e. The number of ether oxygens (including phenoxy) is 1. The average Bonchev–Trinajstić information content (AvgIpc) is 3.30. The van der Waals surface area contributed by atoms with E-state index in [0.717, 1.165) is 63.3 Å². The molecular weight excluding hydrogens is 553 g/mol. The Morgan fingerprint density at radius 1 is 1.16 bits per heavy atom. The maximum absolute atomic E-state index is 14.6. The van der Waals surface area contributed by atoms with Crippen LogP contribution in [0.1, 0.15) is 75.5 Å². The third kappa shape index (κ3) is 6.44. The molecule has 1 atom stereocenters. The number of rotatable bonds is 13. The summed E-state index contributed by atoms with van der Waals surface area (Å²) in [5, 5.41) is 1.20. The smallest absolute Gasteiger partial charge is 0.256 e. The standard InChI is InChI=1S/C36H52FN5O2/c1-8-41(26(4)5)35(43)29-20-27(37)11-12-32(29)42-33-13-15-36(21-30(33)28-14-16-38-22-34(28)42)23-40(24-36)31(25(2)3)10-9-17-39(6)18-19-44-7/h11-12,14,16,20,22,25-26,31H,8-10,13,15,17-19,21,23-24H2,1-7H3. The molecule has 3 aromatic rings. The second-order valence-corrected chi connectivity index (χ2v) is 13.8. The SMILES string of the molecule is CCN(C(=O)c1cc(F)ccc1-n1c2c(c3ccncc31)CC1(CC2)CN(C(CCCN(C)CCOC)C(C)C)C1)C(C)C. The van der Waals surface area contributed by atoms with Crippen molar-refractivity contribution >= 4 is 16.8 Å². The van der Waals surface area contributed by atoms with Gasteiger partial charge in [-0.1, -0.05) is 13.8 Å². The second kappa shape index (κ2) is 13.7. The number of carbonyl (C=O) groups is 1. The molecule has 1 spiro atoms. The first-order chi connectivity index (χ1) is 21.1. The molecule has 2 aromatic heterocycles. The van der Waals surface area contributed by atoms with Crippen molar-refractivity contribution in [3.63, 3.8) is 0 Å². The first kappa shape index (κ1) is 32.6. The number of fused-ring (bicyclic) bond motifs is 3. The summed E-state index contributed by atoms with van der Waals surface area (Å²) in [6.45, 7) is 16.4. The van der Waals surface area contributed by atoms with Crippen LogP contribution in [0, 0.1) is 17.2 Å². The Morgan fingerprint density at radius 3 is 2.61 bits per heavy atom. The summed E-state index contributed by atoms with van der Waals surface area (Å²) in [5.74, 6) is 0.0879. The molecular formula is C36H52FN5O2. The molecule has 1 aliphatic carbocycles. The number of hydrogen-bond acceptors (Lipinski definition) is 5. The molecule has 1 aliphatic heterocycles. The van der Waals surface area contributed by atoms with Crippen LogP contribution in [-0.4, -0.2) is 95.7 Å². The van der Waals surface area contributed by atoms with E-state index in [1.54, 1.807) is 18.1 Å². The zero-order chi connectivity index (χ0) is 31.6. The van der Waals surface area contributed by atoms with E-state index in [1.165, 1.54) is 41.6 Å². The van der Waals surface area contributed by atoms with Crippen LogP contribution in [0.5, 0.6) is 0 Å². The Hall–Kier alpha value is -2.81. The van der Waals surface area contributed by atoms with E-state index in [2.05, 4.69) is 46.3 Å². The molecule has 1 saturated heterocycles. The Bertz CT molecular complexity index is 1440. The van der Waals surface area contributed by atoms with Crippen LogP contribution in [-0.2, 0) is 17.6 Å². The summed E-state index contributed by atoms with van der Waals surface area (Å²) in [7, 11) is 3.95. The zero-order valence-electron chi connectivity index (χ0n) is 27.9. The van der Waals surface area contributed by atoms with Crippen molar-refractivity contribution in [3.8, 4) is 5.69 Å². The van der Waals surface area contributed by atoms with Gasteiger partial charge in [0, 0.05) is 68.1 Å². The van der Waals surface area contributed by atoms with Gasteiger partial charge in [0.15, 0.2) is 0 Å². The van der Waals surface area contributed by atoms with Crippen molar-refractivity contribution in [2.24, 2.45) is 11.3 Å². The highest BCUT2D eigenvalue weighted by atomic mass is 19.1. The first-order valence-corrected chi connectivity index (χ1v) is 16.6. The van der Waals surface area contributed by atoms with Crippen molar-refractivity contribution in [3.05, 3.63) is 59.3 Å². The number of halogens is 1. The van der Waals surface area contributed by atoms with Gasteiger partial charge in [-0.05, 0) is 102 Å². The molecule has 240 valence electrons. The number of amides is 1. The minimum atomic E-state index is -0.393. The van der Waals surface area contributed by atoms with Crippen LogP contribution < -0.4 is 0 Å². The Morgan fingerprint density at radius 2 is 1.93 bits per heavy atom. The minimum absolute atomic E-state index is 0.0215. The second-order valence-electron chi connectivity index (χ2n) is 13.8. The molecule has 44 heavy (non-hydrogen) atoms. The third-order valence-electron chi connectivity index (χ3n) is 10.1. The van der Waals surface area contributed by atoms with Gasteiger partial charge in [-0.3, -0.25) is 14.7 Å². The van der Waals surface area contributed by atoms with Crippen LogP contribution >= 0.6 is 0 Å². The number of methoxy groups -OCH3 is 1. The van der Waals surface area contributed by atoms with Crippen molar-refractivity contribution < 1.29 is 13.9 Å². The monoisotopic (exact) mass is 605 g/mol. The number of pyridine rings is 1. The summed E-state index contributed by atoms with van der Waals surface area (Å²) in [6.07, 6.45) is 9.26. The predicted octanol–water partition coefficient (Wildman–Crippen LogP) is 6.21. The van der Waals surface area contributed by atoms with Gasteiger partial charge in [-0.2, -0.15) is 0 Å². The highest BCUT2D eigenvalue weighted by Gasteiger charge is 2.48. The highest BCUT2D eigenvalue weighted by Crippen LogP contribution is 2.48. The molecule has 0 saturated carbocycles. The Balaban J connectivity index is 1.40. The maximum Gasteiger partial charge on any atom is 0.256 e. The molecule has 1 amide bonds. The largest absolute Gasteiger partial charge is 0.383 e. The summed E-state index contributed by atoms with van der Waals surface area (Å²) in [5.41, 5.74) is 5.04. The molecule has 7 nitrogen and oxygen atoms in total. The fourth-order valence-electron chi connectivity index (χ4n) is 7.80. The van der Waals surface area contributed by atoms with Crippen LogP contribution in [0.3, 0.4) is 0 Å². The normalized spacial score (nSPS) is 17.1. The van der Waals surface area contributed by atoms with Gasteiger partial charge >= 0.3 is 0 Å². The van der Waals surface area contributed by atoms with Crippen molar-refractivity contribution in [2.75, 3.05) is 53.5 Å². The fraction of sp³-hybridized carbons (Fsp3) is 0.611. The van der Waals surface area contributed by atoms with Gasteiger partial charge in [0.05, 0.1) is 29.6 Å². The van der Waals surface area contributed by atoms with Crippen molar-refractivity contribution in [2.45, 2.75) is 78.8 Å². The van der Waals surface area contributed by atoms with Gasteiger partial charge in [-0.15, -0.1) is 0 Å². The highest BCUT2D eigenvalue weighted by molar-refractivity contribution is 5.99. The van der Waals surface area contributed by atoms with Gasteiger partial charge in [0.1, 0.15) is 5.82 Å². The Kier molecular flexibility index (Phi) is 10.1. The lowest BCUT2D eigenvalue weighted by atomic mass is 9.66. The number of likely N-dealkylation sites (N-methyl/N-ethyl adjacent to an activating group) is 1. The van der Waals surface area contributed by atoms with E-state index in [-0.39, 0.29) is 17.4 Å². The molecule has 3 heterocycles. The molecule has 1 unspecified atom stereocenters. The number of likely N-dealkylation sites (tertiary alicyclic amines) is 1. The molecule has 0 bridgehead atoms. The van der Waals surface area contributed by atoms with Gasteiger partial charge < -0.3 is 19.1 Å². The lowest BCUT2D eigenvalue weighted by Crippen LogP contribution is -2.62. The van der Waals surface area contributed by atoms with Crippen LogP contribution in [0.4, 0.5) is 4.39 Å². The number of nitrogens with zero attached hydrogens (tertiary/aromatic N) is 5. The van der Waals surface area contributed by atoms with Crippen LogP contribution in [0.2, 0.25) is 0 Å². The molecule has 8 heteroatoms. The summed E-state index contributed by atoms with van der Waals surface area (Å²) < 4.78 is 22.1. The predicted molar refractivity (Wildman–Crippen MR) is 176 cm³/mol. The van der Waals surface area contributed by atoms with E-state index in [0.29, 0.717) is 24.1 Å². The van der Waals surface area contributed by atoms with Crippen LogP contribution in [0.15, 0.2) is 36.7 Å². The maximum atomic E-state index is 14.6. The fourth-order valence-corrected chi connectivity index (χ4v) is 7.80. The number of aromatic nitrogens is 2. The number of hydrogen-bond donors (Lipinski definition) is 0. The van der Waals surface area contributed by atoms with E-state index in [1.807, 2.05) is 33.2 Å². The third-order valence-corrected chi connectivity index (χ3v) is 10.1. The van der Waals surface area contributed by atoms with Gasteiger partial charge in [0.2, 0.25) is 0 Å². The van der Waals surface area contributed by atoms with E-state index in [9.17, 15) is 9.18 Å². The van der Waals surface area contributed by atoms with Gasteiger partial charge in [-0.25, -0.2) is 4.39 Å². The van der Waals surface area contributed by atoms with Gasteiger partial charge in [0.25, 0.3) is 5.91 Å². The quantitative estimate of drug-likeness (QED) is 0.232. The first-order valence-electron chi connectivity index (χ1n) is 16.6. The zero-order valence-corrected chi connectivity index (χ0v) is 27.9. The molecule has 1 fully saturated rings. The molecule has 5 rings (SSSR count). The van der Waals surface area contributed by atoms with E-state index >= 15 is 0 Å². The molecule has 0 N–H and O–H groups in total. The average molecular weight is 606 g/mol. The summed E-state index contributed by atoms with van der Waals surface area (Å²) in [6, 6.07) is 7.40. The van der Waals surface area contributed by atoms with Crippen molar-refractivity contribution in [1.82, 2.24) is 24.3 Å². The molecule has 1 aromatic carbocycles. The summed E-state index contributed by atoms with van der Waals surface area (Å²) >= 11 is 0. The van der Waals surface area contributed by atoms with Crippen molar-refractivity contribution in [1.29, 1.82) is 0 Å². The number of carbonyl (C=O) groups excluding carboxylic acids is 1. The molecule has 2 aliphatic rings. The summed E-state index contributed by atoms with van der Waals surface area (Å²) in [4.78, 5) is 25.2.